The average Bonchev–Trinajstić information content (AvgIpc) is 3.37. The van der Waals surface area contributed by atoms with E-state index in [9.17, 15) is 19.8 Å². The van der Waals surface area contributed by atoms with E-state index in [0.29, 0.717) is 11.5 Å². The highest BCUT2D eigenvalue weighted by molar-refractivity contribution is 5.88. The summed E-state index contributed by atoms with van der Waals surface area (Å²) in [5.41, 5.74) is 9.01. The predicted octanol–water partition coefficient (Wildman–Crippen LogP) is 7.69. The number of carbonyl (C=O) groups excluding carboxylic acids is 2. The second kappa shape index (κ2) is 15.4. The van der Waals surface area contributed by atoms with Crippen molar-refractivity contribution in [2.24, 2.45) is 0 Å². The predicted molar refractivity (Wildman–Crippen MR) is 197 cm³/mol. The van der Waals surface area contributed by atoms with Crippen LogP contribution in [0.1, 0.15) is 71.2 Å². The third-order valence-electron chi connectivity index (χ3n) is 9.36. The second-order valence-corrected chi connectivity index (χ2v) is 13.1. The van der Waals surface area contributed by atoms with Crippen molar-refractivity contribution in [1.82, 2.24) is 0 Å². The molecule has 0 saturated carbocycles. The average molecular weight is 691 g/mol. The standard InChI is InChI=1S/C43H46O8/c1-9-37(46)50-39(23-27(5)44)48-35-21-19-25(3)41(29(35)7)43(33-17-13-11-15-31(33)32-16-12-14-18-34(32)43)42-26(4)20-22-36(30(42)8)49-40(24-28(6)45)51-38(47)10-2/h9-22,27-28,39-40,44-45H,1-2,23-24H2,3-8H3. The molecule has 266 valence electrons. The molecule has 0 radical (unpaired) electrons. The Morgan fingerprint density at radius 3 is 1.37 bits per heavy atom. The van der Waals surface area contributed by atoms with Gasteiger partial charge in [0.2, 0.25) is 12.6 Å². The molecule has 8 heteroatoms. The van der Waals surface area contributed by atoms with Gasteiger partial charge in [-0.15, -0.1) is 0 Å². The Balaban J connectivity index is 1.82. The van der Waals surface area contributed by atoms with E-state index in [-0.39, 0.29) is 12.8 Å². The van der Waals surface area contributed by atoms with Gasteiger partial charge in [0.25, 0.3) is 0 Å². The van der Waals surface area contributed by atoms with Gasteiger partial charge in [-0.3, -0.25) is 0 Å². The van der Waals surface area contributed by atoms with Gasteiger partial charge < -0.3 is 29.2 Å². The minimum Gasteiger partial charge on any atom is -0.454 e. The van der Waals surface area contributed by atoms with E-state index >= 15 is 0 Å². The van der Waals surface area contributed by atoms with Gasteiger partial charge in [-0.25, -0.2) is 9.59 Å². The van der Waals surface area contributed by atoms with Crippen LogP contribution in [0.25, 0.3) is 11.1 Å². The van der Waals surface area contributed by atoms with E-state index in [1.54, 1.807) is 13.8 Å². The van der Waals surface area contributed by atoms with E-state index in [2.05, 4.69) is 51.3 Å². The van der Waals surface area contributed by atoms with Crippen molar-refractivity contribution in [2.45, 2.75) is 84.6 Å². The summed E-state index contributed by atoms with van der Waals surface area (Å²) in [6.07, 6.45) is -1.47. The maximum atomic E-state index is 12.3. The van der Waals surface area contributed by atoms with Gasteiger partial charge in [-0.1, -0.05) is 73.8 Å². The number of aliphatic hydroxyl groups is 2. The lowest BCUT2D eigenvalue weighted by Gasteiger charge is -2.39. The summed E-state index contributed by atoms with van der Waals surface area (Å²) in [5.74, 6) is -0.321. The van der Waals surface area contributed by atoms with E-state index in [1.807, 2.05) is 62.4 Å². The van der Waals surface area contributed by atoms with Crippen LogP contribution < -0.4 is 9.47 Å². The maximum absolute atomic E-state index is 12.3. The van der Waals surface area contributed by atoms with Crippen molar-refractivity contribution in [3.8, 4) is 22.6 Å². The normalized spacial score (nSPS) is 15.0. The molecule has 0 aliphatic heterocycles. The molecule has 51 heavy (non-hydrogen) atoms. The number of hydrogen-bond donors (Lipinski definition) is 2. The topological polar surface area (TPSA) is 112 Å². The van der Waals surface area contributed by atoms with Crippen molar-refractivity contribution < 1.29 is 38.7 Å². The lowest BCUT2D eigenvalue weighted by molar-refractivity contribution is -0.162. The molecule has 8 nitrogen and oxygen atoms in total. The second-order valence-electron chi connectivity index (χ2n) is 13.1. The van der Waals surface area contributed by atoms with Crippen LogP contribution >= 0.6 is 0 Å². The molecule has 0 spiro atoms. The van der Waals surface area contributed by atoms with Crippen LogP contribution in [0, 0.1) is 27.7 Å². The number of rotatable bonds is 14. The maximum Gasteiger partial charge on any atom is 0.333 e. The van der Waals surface area contributed by atoms with Gasteiger partial charge in [0.15, 0.2) is 0 Å². The Morgan fingerprint density at radius 1 is 0.647 bits per heavy atom. The van der Waals surface area contributed by atoms with Crippen molar-refractivity contribution in [3.05, 3.63) is 143 Å². The first-order valence-electron chi connectivity index (χ1n) is 17.1. The first kappa shape index (κ1) is 37.1. The molecule has 4 atom stereocenters. The molecule has 4 aromatic rings. The van der Waals surface area contributed by atoms with E-state index in [1.165, 1.54) is 0 Å². The van der Waals surface area contributed by atoms with Crippen LogP contribution in [0.3, 0.4) is 0 Å². The Kier molecular flexibility index (Phi) is 11.2. The molecule has 0 amide bonds. The summed E-state index contributed by atoms with van der Waals surface area (Å²) in [4.78, 5) is 24.6. The van der Waals surface area contributed by atoms with Gasteiger partial charge >= 0.3 is 11.9 Å². The Morgan fingerprint density at radius 2 is 1.02 bits per heavy atom. The van der Waals surface area contributed by atoms with Crippen LogP contribution in [0.4, 0.5) is 0 Å². The van der Waals surface area contributed by atoms with Crippen molar-refractivity contribution >= 4 is 11.9 Å². The first-order chi connectivity index (χ1) is 24.3. The van der Waals surface area contributed by atoms with Gasteiger partial charge in [-0.2, -0.15) is 0 Å². The first-order valence-corrected chi connectivity index (χ1v) is 17.1. The monoisotopic (exact) mass is 690 g/mol. The van der Waals surface area contributed by atoms with Crippen molar-refractivity contribution in [1.29, 1.82) is 0 Å². The van der Waals surface area contributed by atoms with E-state index in [0.717, 1.165) is 67.8 Å². The Labute approximate surface area is 300 Å². The number of ether oxygens (including phenoxy) is 4. The van der Waals surface area contributed by atoms with Crippen LogP contribution in [0.15, 0.2) is 98.1 Å². The highest BCUT2D eigenvalue weighted by Gasteiger charge is 2.49. The number of esters is 2. The summed E-state index contributed by atoms with van der Waals surface area (Å²) in [7, 11) is 0. The van der Waals surface area contributed by atoms with E-state index < -0.39 is 42.1 Å². The fourth-order valence-electron chi connectivity index (χ4n) is 7.40. The van der Waals surface area contributed by atoms with Gasteiger partial charge in [0.05, 0.1) is 17.6 Å². The molecule has 0 bridgehead atoms. The number of fused-ring (bicyclic) bond motifs is 3. The van der Waals surface area contributed by atoms with E-state index in [4.69, 9.17) is 18.9 Å². The number of benzene rings is 4. The molecule has 2 N–H and O–H groups in total. The van der Waals surface area contributed by atoms with Gasteiger partial charge in [0.1, 0.15) is 11.5 Å². The molecule has 1 aliphatic rings. The van der Waals surface area contributed by atoms with Crippen molar-refractivity contribution in [2.75, 3.05) is 0 Å². The molecule has 5 rings (SSSR count). The quantitative estimate of drug-likeness (QED) is 0.0693. The number of aliphatic hydroxyl groups excluding tert-OH is 2. The Hall–Kier alpha value is -5.18. The summed E-state index contributed by atoms with van der Waals surface area (Å²) in [6, 6.07) is 24.4. The molecule has 4 aromatic carbocycles. The van der Waals surface area contributed by atoms with Crippen LogP contribution in [-0.4, -0.2) is 46.9 Å². The fraction of sp³-hybridized carbons (Fsp3) is 0.302. The lowest BCUT2D eigenvalue weighted by Crippen LogP contribution is -2.34. The Bertz CT molecular complexity index is 1810. The smallest absolute Gasteiger partial charge is 0.333 e. The van der Waals surface area contributed by atoms with Crippen LogP contribution in [0.2, 0.25) is 0 Å². The van der Waals surface area contributed by atoms with Gasteiger partial charge in [0, 0.05) is 25.0 Å². The highest BCUT2D eigenvalue weighted by atomic mass is 16.7. The largest absolute Gasteiger partial charge is 0.454 e. The minimum absolute atomic E-state index is 0.0562. The SMILES string of the molecule is C=CC(=O)OC(CC(C)O)Oc1ccc(C)c(C2(c3c(C)ccc(OC(CC(C)O)OC(=O)C=C)c3C)c3ccccc3-c3ccccc32)c1C. The molecule has 0 heterocycles. The number of carbonyl (C=O) groups is 2. The van der Waals surface area contributed by atoms with Crippen molar-refractivity contribution in [3.63, 3.8) is 0 Å². The van der Waals surface area contributed by atoms with Crippen LogP contribution in [-0.2, 0) is 24.5 Å². The summed E-state index contributed by atoms with van der Waals surface area (Å²) in [6.45, 7) is 18.4. The third kappa shape index (κ3) is 7.20. The molecule has 0 saturated heterocycles. The zero-order valence-corrected chi connectivity index (χ0v) is 30.1. The molecule has 0 fully saturated rings. The van der Waals surface area contributed by atoms with Gasteiger partial charge in [-0.05, 0) is 109 Å². The third-order valence-corrected chi connectivity index (χ3v) is 9.36. The molecular weight excluding hydrogens is 644 g/mol. The zero-order chi connectivity index (χ0) is 37.0. The molecular formula is C43H46O8. The lowest BCUT2D eigenvalue weighted by atomic mass is 9.63. The highest BCUT2D eigenvalue weighted by Crippen LogP contribution is 2.59. The fourth-order valence-corrected chi connectivity index (χ4v) is 7.40. The summed E-state index contributed by atoms with van der Waals surface area (Å²) in [5, 5.41) is 20.5. The zero-order valence-electron chi connectivity index (χ0n) is 30.1. The van der Waals surface area contributed by atoms with Crippen LogP contribution in [0.5, 0.6) is 11.5 Å². The molecule has 4 unspecified atom stereocenters. The molecule has 0 aromatic heterocycles. The minimum atomic E-state index is -1.06. The number of aryl methyl sites for hydroxylation is 2. The molecule has 1 aliphatic carbocycles. The summed E-state index contributed by atoms with van der Waals surface area (Å²) >= 11 is 0. The summed E-state index contributed by atoms with van der Waals surface area (Å²) < 4.78 is 23.9. The number of hydrogen-bond acceptors (Lipinski definition) is 8.